The van der Waals surface area contributed by atoms with Crippen LogP contribution in [0.15, 0.2) is 48.7 Å². The van der Waals surface area contributed by atoms with Crippen molar-refractivity contribution in [2.45, 2.75) is 44.1 Å². The van der Waals surface area contributed by atoms with Crippen LogP contribution < -0.4 is 5.73 Å². The van der Waals surface area contributed by atoms with Crippen LogP contribution in [0.3, 0.4) is 0 Å². The van der Waals surface area contributed by atoms with Gasteiger partial charge in [-0.3, -0.25) is 9.30 Å². The Morgan fingerprint density at radius 2 is 1.81 bits per heavy atom. The highest BCUT2D eigenvalue weighted by Crippen LogP contribution is 2.39. The fraction of sp³-hybridized carbons (Fsp3) is 0.375. The SMILES string of the molecule is CC(C)(O)c1cccc2ccc(-c3nnc4ccc([C@@H](N5CCC(N)C5)C(F)(F)F)cn34)nc12.Cl.Cl. The molecular formula is C24H27Cl2F3N6O. The molecule has 0 amide bonds. The summed E-state index contributed by atoms with van der Waals surface area (Å²) in [5.74, 6) is 0.323. The summed E-state index contributed by atoms with van der Waals surface area (Å²) < 4.78 is 43.9. The number of alkyl halides is 3. The molecule has 3 aromatic heterocycles. The van der Waals surface area contributed by atoms with Gasteiger partial charge < -0.3 is 10.8 Å². The molecule has 0 saturated carbocycles. The van der Waals surface area contributed by atoms with Crippen LogP contribution in [0.2, 0.25) is 0 Å². The van der Waals surface area contributed by atoms with Crippen molar-refractivity contribution >= 4 is 41.4 Å². The van der Waals surface area contributed by atoms with Crippen LogP contribution in [-0.2, 0) is 5.60 Å². The van der Waals surface area contributed by atoms with Gasteiger partial charge in [-0.25, -0.2) is 4.98 Å². The molecule has 1 saturated heterocycles. The van der Waals surface area contributed by atoms with E-state index in [2.05, 4.69) is 10.2 Å². The molecule has 1 aliphatic rings. The van der Waals surface area contributed by atoms with Gasteiger partial charge in [-0.15, -0.1) is 35.0 Å². The van der Waals surface area contributed by atoms with E-state index < -0.39 is 17.8 Å². The van der Waals surface area contributed by atoms with E-state index in [-0.39, 0.29) is 49.5 Å². The molecule has 36 heavy (non-hydrogen) atoms. The Morgan fingerprint density at radius 3 is 2.44 bits per heavy atom. The average Bonchev–Trinajstić information content (AvgIpc) is 3.37. The molecule has 5 rings (SSSR count). The van der Waals surface area contributed by atoms with E-state index in [0.717, 1.165) is 5.39 Å². The molecule has 12 heteroatoms. The molecule has 0 spiro atoms. The Morgan fingerprint density at radius 1 is 1.06 bits per heavy atom. The first-order valence-electron chi connectivity index (χ1n) is 11.1. The van der Waals surface area contributed by atoms with Crippen LogP contribution in [0, 0.1) is 0 Å². The molecule has 1 aromatic carbocycles. The zero-order chi connectivity index (χ0) is 24.3. The number of hydrogen-bond acceptors (Lipinski definition) is 6. The minimum atomic E-state index is -4.46. The number of halogens is 5. The molecule has 1 fully saturated rings. The maximum atomic E-state index is 14.1. The van der Waals surface area contributed by atoms with E-state index in [1.54, 1.807) is 26.0 Å². The van der Waals surface area contributed by atoms with Crippen LogP contribution in [0.4, 0.5) is 13.2 Å². The number of pyridine rings is 2. The number of nitrogens with two attached hydrogens (primary N) is 1. The topological polar surface area (TPSA) is 92.6 Å². The quantitative estimate of drug-likeness (QED) is 0.390. The molecule has 1 unspecified atom stereocenters. The maximum absolute atomic E-state index is 14.1. The molecule has 3 N–H and O–H groups in total. The predicted molar refractivity (Wildman–Crippen MR) is 136 cm³/mol. The minimum Gasteiger partial charge on any atom is -0.386 e. The fourth-order valence-corrected chi connectivity index (χ4v) is 4.67. The summed E-state index contributed by atoms with van der Waals surface area (Å²) in [5.41, 5.74) is 6.95. The molecule has 1 aliphatic heterocycles. The van der Waals surface area contributed by atoms with Gasteiger partial charge in [0.1, 0.15) is 11.7 Å². The maximum Gasteiger partial charge on any atom is 0.408 e. The van der Waals surface area contributed by atoms with E-state index in [1.807, 2.05) is 18.2 Å². The van der Waals surface area contributed by atoms with Gasteiger partial charge in [0.2, 0.25) is 0 Å². The number of nitrogens with zero attached hydrogens (tertiary/aromatic N) is 5. The van der Waals surface area contributed by atoms with Crippen LogP contribution in [0.1, 0.15) is 37.4 Å². The Bertz CT molecular complexity index is 1370. The van der Waals surface area contributed by atoms with E-state index in [9.17, 15) is 18.3 Å². The average molecular weight is 543 g/mol. The van der Waals surface area contributed by atoms with E-state index in [1.165, 1.54) is 27.6 Å². The van der Waals surface area contributed by atoms with Crippen molar-refractivity contribution in [3.63, 3.8) is 0 Å². The molecule has 0 aliphatic carbocycles. The summed E-state index contributed by atoms with van der Waals surface area (Å²) in [5, 5.41) is 19.8. The van der Waals surface area contributed by atoms with Gasteiger partial charge in [-0.05, 0) is 38.0 Å². The molecule has 0 bridgehead atoms. The number of rotatable bonds is 4. The van der Waals surface area contributed by atoms with Gasteiger partial charge in [0.05, 0.1) is 11.1 Å². The molecule has 4 aromatic rings. The Hall–Kier alpha value is -2.50. The van der Waals surface area contributed by atoms with Crippen LogP contribution >= 0.6 is 24.8 Å². The van der Waals surface area contributed by atoms with Gasteiger partial charge in [0.25, 0.3) is 0 Å². The lowest BCUT2D eigenvalue weighted by atomic mass is 9.95. The highest BCUT2D eigenvalue weighted by Gasteiger charge is 2.46. The van der Waals surface area contributed by atoms with Crippen molar-refractivity contribution in [1.29, 1.82) is 0 Å². The molecule has 194 valence electrons. The number of para-hydroxylation sites is 1. The van der Waals surface area contributed by atoms with Crippen molar-refractivity contribution in [2.75, 3.05) is 13.1 Å². The first-order valence-corrected chi connectivity index (χ1v) is 11.1. The zero-order valence-electron chi connectivity index (χ0n) is 19.6. The second-order valence-corrected chi connectivity index (χ2v) is 9.33. The zero-order valence-corrected chi connectivity index (χ0v) is 21.2. The molecule has 0 radical (unpaired) electrons. The van der Waals surface area contributed by atoms with E-state index in [4.69, 9.17) is 10.7 Å². The van der Waals surface area contributed by atoms with Crippen molar-refractivity contribution in [1.82, 2.24) is 24.5 Å². The van der Waals surface area contributed by atoms with Gasteiger partial charge >= 0.3 is 6.18 Å². The number of benzene rings is 1. The van der Waals surface area contributed by atoms with Crippen LogP contribution in [0.5, 0.6) is 0 Å². The lowest BCUT2D eigenvalue weighted by Gasteiger charge is -2.30. The Balaban J connectivity index is 0.00000180. The normalized spacial score (nSPS) is 17.7. The molecule has 4 heterocycles. The second kappa shape index (κ2) is 10.1. The van der Waals surface area contributed by atoms with Gasteiger partial charge in [0, 0.05) is 36.3 Å². The number of likely N-dealkylation sites (tertiary alicyclic amines) is 1. The second-order valence-electron chi connectivity index (χ2n) is 9.33. The Labute approximate surface area is 218 Å². The number of hydrogen-bond donors (Lipinski definition) is 2. The fourth-order valence-electron chi connectivity index (χ4n) is 4.67. The van der Waals surface area contributed by atoms with Crippen LogP contribution in [-0.4, -0.2) is 54.9 Å². The third kappa shape index (κ3) is 5.14. The van der Waals surface area contributed by atoms with Gasteiger partial charge in [-0.2, -0.15) is 13.2 Å². The highest BCUT2D eigenvalue weighted by atomic mass is 35.5. The van der Waals surface area contributed by atoms with Crippen molar-refractivity contribution in [3.05, 3.63) is 59.8 Å². The van der Waals surface area contributed by atoms with Crippen molar-refractivity contribution in [2.24, 2.45) is 5.73 Å². The highest BCUT2D eigenvalue weighted by molar-refractivity contribution is 5.86. The summed E-state index contributed by atoms with van der Waals surface area (Å²) in [6, 6.07) is 10.1. The smallest absolute Gasteiger partial charge is 0.386 e. The van der Waals surface area contributed by atoms with Crippen LogP contribution in [0.25, 0.3) is 28.1 Å². The minimum absolute atomic E-state index is 0. The van der Waals surface area contributed by atoms with E-state index in [0.29, 0.717) is 34.7 Å². The van der Waals surface area contributed by atoms with Crippen molar-refractivity contribution < 1.29 is 18.3 Å². The number of aromatic nitrogens is 4. The number of aliphatic hydroxyl groups is 1. The summed E-state index contributed by atoms with van der Waals surface area (Å²) in [6.07, 6.45) is -2.51. The number of fused-ring (bicyclic) bond motifs is 2. The van der Waals surface area contributed by atoms with E-state index >= 15 is 0 Å². The Kier molecular flexibility index (Phi) is 7.88. The third-order valence-electron chi connectivity index (χ3n) is 6.28. The lowest BCUT2D eigenvalue weighted by Crippen LogP contribution is -2.38. The third-order valence-corrected chi connectivity index (χ3v) is 6.28. The molecular weight excluding hydrogens is 516 g/mol. The largest absolute Gasteiger partial charge is 0.408 e. The summed E-state index contributed by atoms with van der Waals surface area (Å²) in [6.45, 7) is 3.82. The first-order chi connectivity index (χ1) is 16.0. The first kappa shape index (κ1) is 28.1. The summed E-state index contributed by atoms with van der Waals surface area (Å²) >= 11 is 0. The molecule has 2 atom stereocenters. The van der Waals surface area contributed by atoms with Gasteiger partial charge in [-0.1, -0.05) is 30.3 Å². The predicted octanol–water partition coefficient (Wildman–Crippen LogP) is 4.65. The summed E-state index contributed by atoms with van der Waals surface area (Å²) in [7, 11) is 0. The molecule has 7 nitrogen and oxygen atoms in total. The lowest BCUT2D eigenvalue weighted by molar-refractivity contribution is -0.183. The standard InChI is InChI=1S/C24H25F3N6O.2ClH/c1-23(2,34)17-5-3-4-14-6-8-18(29-20(14)17)22-31-30-19-9-7-15(12-33(19)22)21(24(25,26)27)32-11-10-16(28)13-32;;/h3-9,12,16,21,34H,10-11,13,28H2,1-2H3;2*1H/t16?,21-;;/m1../s1. The monoisotopic (exact) mass is 542 g/mol. The van der Waals surface area contributed by atoms with Gasteiger partial charge in [0.15, 0.2) is 11.5 Å². The summed E-state index contributed by atoms with van der Waals surface area (Å²) in [4.78, 5) is 6.09. The van der Waals surface area contributed by atoms with Crippen molar-refractivity contribution in [3.8, 4) is 11.5 Å².